The van der Waals surface area contributed by atoms with E-state index >= 15 is 0 Å². The lowest BCUT2D eigenvalue weighted by molar-refractivity contribution is 0.289. The third-order valence-electron chi connectivity index (χ3n) is 2.60. The van der Waals surface area contributed by atoms with E-state index in [0.29, 0.717) is 18.9 Å². The van der Waals surface area contributed by atoms with Crippen molar-refractivity contribution in [1.82, 2.24) is 15.0 Å². The number of hydrogen-bond donors (Lipinski definition) is 1. The molecule has 0 aliphatic heterocycles. The summed E-state index contributed by atoms with van der Waals surface area (Å²) in [6.07, 6.45) is 1.80. The van der Waals surface area contributed by atoms with Crippen molar-refractivity contribution >= 4 is 0 Å². The van der Waals surface area contributed by atoms with Crippen LogP contribution in [0.1, 0.15) is 19.5 Å². The Morgan fingerprint density at radius 1 is 1.32 bits per heavy atom. The Balaban J connectivity index is 1.86. The monoisotopic (exact) mass is 264 g/mol. The molecule has 19 heavy (non-hydrogen) atoms. The van der Waals surface area contributed by atoms with E-state index in [4.69, 9.17) is 10.5 Å². The molecule has 1 aromatic heterocycles. The van der Waals surface area contributed by atoms with Gasteiger partial charge in [-0.3, -0.25) is 0 Å². The van der Waals surface area contributed by atoms with Crippen molar-refractivity contribution in [2.45, 2.75) is 25.9 Å². The van der Waals surface area contributed by atoms with Gasteiger partial charge in [-0.2, -0.15) is 0 Å². The van der Waals surface area contributed by atoms with E-state index in [1.54, 1.807) is 23.0 Å². The van der Waals surface area contributed by atoms with E-state index in [1.807, 2.05) is 13.8 Å². The average molecular weight is 264 g/mol. The Bertz CT molecular complexity index is 530. The zero-order valence-electron chi connectivity index (χ0n) is 11.0. The molecule has 102 valence electrons. The maximum absolute atomic E-state index is 12.7. The molecule has 0 amide bonds. The third-order valence-corrected chi connectivity index (χ3v) is 2.60. The molecule has 5 nitrogen and oxygen atoms in total. The number of hydrogen-bond acceptors (Lipinski definition) is 4. The molecule has 0 unspecified atom stereocenters. The summed E-state index contributed by atoms with van der Waals surface area (Å²) in [4.78, 5) is 0. The molecule has 1 heterocycles. The molecule has 0 atom stereocenters. The lowest BCUT2D eigenvalue weighted by Gasteiger charge is -2.13. The number of rotatable bonds is 5. The summed E-state index contributed by atoms with van der Waals surface area (Å²) in [5, 5.41) is 7.98. The van der Waals surface area contributed by atoms with Gasteiger partial charge in [0.15, 0.2) is 0 Å². The first kappa shape index (κ1) is 13.5. The second kappa shape index (κ2) is 5.36. The highest BCUT2D eigenvalue weighted by Gasteiger charge is 2.18. The van der Waals surface area contributed by atoms with Crippen molar-refractivity contribution in [3.8, 4) is 5.75 Å². The van der Waals surface area contributed by atoms with E-state index in [2.05, 4.69) is 10.3 Å². The van der Waals surface area contributed by atoms with Crippen LogP contribution in [-0.4, -0.2) is 21.6 Å². The number of ether oxygens (including phenoxy) is 1. The Morgan fingerprint density at radius 3 is 2.58 bits per heavy atom. The molecule has 0 aliphatic carbocycles. The molecule has 0 spiro atoms. The first-order chi connectivity index (χ1) is 8.95. The maximum Gasteiger partial charge on any atom is 0.123 e. The Labute approximate surface area is 111 Å². The number of aromatic nitrogens is 3. The SMILES string of the molecule is CC(C)(N)c1cn(CCOc2ccc(F)cc2)nn1. The molecular formula is C13H17FN4O. The Kier molecular flexibility index (Phi) is 3.80. The normalized spacial score (nSPS) is 11.6. The van der Waals surface area contributed by atoms with Gasteiger partial charge < -0.3 is 10.5 Å². The van der Waals surface area contributed by atoms with E-state index < -0.39 is 5.54 Å². The highest BCUT2D eigenvalue weighted by Crippen LogP contribution is 2.13. The first-order valence-corrected chi connectivity index (χ1v) is 6.03. The summed E-state index contributed by atoms with van der Waals surface area (Å²) in [7, 11) is 0. The summed E-state index contributed by atoms with van der Waals surface area (Å²) >= 11 is 0. The van der Waals surface area contributed by atoms with Crippen LogP contribution in [0, 0.1) is 5.82 Å². The zero-order valence-corrected chi connectivity index (χ0v) is 11.0. The molecule has 0 saturated carbocycles. The topological polar surface area (TPSA) is 66.0 Å². The van der Waals surface area contributed by atoms with Crippen LogP contribution in [-0.2, 0) is 12.1 Å². The van der Waals surface area contributed by atoms with Gasteiger partial charge in [0.05, 0.1) is 18.3 Å². The second-order valence-corrected chi connectivity index (χ2v) is 4.89. The maximum atomic E-state index is 12.7. The van der Waals surface area contributed by atoms with E-state index in [1.165, 1.54) is 12.1 Å². The highest BCUT2D eigenvalue weighted by atomic mass is 19.1. The molecule has 1 aromatic carbocycles. The van der Waals surface area contributed by atoms with Crippen LogP contribution in [0.25, 0.3) is 0 Å². The van der Waals surface area contributed by atoms with Gasteiger partial charge in [0.2, 0.25) is 0 Å². The Morgan fingerprint density at radius 2 is 2.00 bits per heavy atom. The Hall–Kier alpha value is -1.95. The summed E-state index contributed by atoms with van der Waals surface area (Å²) in [5.41, 5.74) is 6.15. The van der Waals surface area contributed by atoms with Gasteiger partial charge >= 0.3 is 0 Å². The lowest BCUT2D eigenvalue weighted by atomic mass is 10.0. The van der Waals surface area contributed by atoms with Crippen molar-refractivity contribution < 1.29 is 9.13 Å². The van der Waals surface area contributed by atoms with Gasteiger partial charge in [-0.25, -0.2) is 9.07 Å². The predicted molar refractivity (Wildman–Crippen MR) is 69.1 cm³/mol. The van der Waals surface area contributed by atoms with E-state index in [0.717, 1.165) is 5.69 Å². The van der Waals surface area contributed by atoms with Crippen LogP contribution >= 0.6 is 0 Å². The molecule has 0 bridgehead atoms. The lowest BCUT2D eigenvalue weighted by Crippen LogP contribution is -2.29. The van der Waals surface area contributed by atoms with Crippen LogP contribution in [0.15, 0.2) is 30.5 Å². The fraction of sp³-hybridized carbons (Fsp3) is 0.385. The minimum Gasteiger partial charge on any atom is -0.492 e. The molecule has 2 N–H and O–H groups in total. The van der Waals surface area contributed by atoms with Crippen molar-refractivity contribution in [3.63, 3.8) is 0 Å². The number of halogens is 1. The van der Waals surface area contributed by atoms with Crippen molar-refractivity contribution in [3.05, 3.63) is 42.0 Å². The van der Waals surface area contributed by atoms with Gasteiger partial charge in [0.1, 0.15) is 23.9 Å². The number of nitrogens with two attached hydrogens (primary N) is 1. The van der Waals surface area contributed by atoms with E-state index in [9.17, 15) is 4.39 Å². The molecule has 6 heteroatoms. The van der Waals surface area contributed by atoms with Crippen LogP contribution in [0.5, 0.6) is 5.75 Å². The molecule has 2 rings (SSSR count). The smallest absolute Gasteiger partial charge is 0.123 e. The predicted octanol–water partition coefficient (Wildman–Crippen LogP) is 1.69. The van der Waals surface area contributed by atoms with E-state index in [-0.39, 0.29) is 5.82 Å². The van der Waals surface area contributed by atoms with Gasteiger partial charge in [0, 0.05) is 0 Å². The van der Waals surface area contributed by atoms with Crippen molar-refractivity contribution in [2.24, 2.45) is 5.73 Å². The van der Waals surface area contributed by atoms with Crippen molar-refractivity contribution in [2.75, 3.05) is 6.61 Å². The summed E-state index contributed by atoms with van der Waals surface area (Å²) < 4.78 is 19.8. The molecule has 0 aliphatic rings. The molecule has 0 fully saturated rings. The average Bonchev–Trinajstić information content (AvgIpc) is 2.80. The second-order valence-electron chi connectivity index (χ2n) is 4.89. The summed E-state index contributed by atoms with van der Waals surface area (Å²) in [6, 6.07) is 5.90. The van der Waals surface area contributed by atoms with Crippen LogP contribution in [0.4, 0.5) is 4.39 Å². The fourth-order valence-corrected chi connectivity index (χ4v) is 1.49. The van der Waals surface area contributed by atoms with Crippen LogP contribution in [0.3, 0.4) is 0 Å². The molecular weight excluding hydrogens is 247 g/mol. The third kappa shape index (κ3) is 3.75. The van der Waals surface area contributed by atoms with Crippen LogP contribution in [0.2, 0.25) is 0 Å². The zero-order chi connectivity index (χ0) is 13.9. The standard InChI is InChI=1S/C13H17FN4O/c1-13(2,15)12-9-18(17-16-12)7-8-19-11-5-3-10(14)4-6-11/h3-6,9H,7-8,15H2,1-2H3. The summed E-state index contributed by atoms with van der Waals surface area (Å²) in [6.45, 7) is 4.73. The van der Waals surface area contributed by atoms with Gasteiger partial charge in [-0.1, -0.05) is 5.21 Å². The largest absolute Gasteiger partial charge is 0.492 e. The number of benzene rings is 1. The van der Waals surface area contributed by atoms with Crippen LogP contribution < -0.4 is 10.5 Å². The molecule has 0 saturated heterocycles. The fourth-order valence-electron chi connectivity index (χ4n) is 1.49. The molecule has 2 aromatic rings. The summed E-state index contributed by atoms with van der Waals surface area (Å²) in [5.74, 6) is 0.347. The number of nitrogens with zero attached hydrogens (tertiary/aromatic N) is 3. The van der Waals surface area contributed by atoms with Crippen molar-refractivity contribution in [1.29, 1.82) is 0 Å². The van der Waals surface area contributed by atoms with Gasteiger partial charge in [0.25, 0.3) is 0 Å². The quantitative estimate of drug-likeness (QED) is 0.892. The minimum absolute atomic E-state index is 0.279. The first-order valence-electron chi connectivity index (χ1n) is 6.03. The highest BCUT2D eigenvalue weighted by molar-refractivity contribution is 5.21. The van der Waals surface area contributed by atoms with Gasteiger partial charge in [-0.05, 0) is 38.1 Å². The minimum atomic E-state index is -0.504. The van der Waals surface area contributed by atoms with Gasteiger partial charge in [-0.15, -0.1) is 5.10 Å². The molecule has 0 radical (unpaired) electrons.